The van der Waals surface area contributed by atoms with Crippen molar-refractivity contribution in [3.8, 4) is 0 Å². The van der Waals surface area contributed by atoms with Crippen molar-refractivity contribution in [2.75, 3.05) is 6.54 Å². The van der Waals surface area contributed by atoms with E-state index in [9.17, 15) is 18.0 Å². The minimum absolute atomic E-state index is 0.180. The van der Waals surface area contributed by atoms with Crippen LogP contribution in [0.3, 0.4) is 0 Å². The van der Waals surface area contributed by atoms with Crippen molar-refractivity contribution in [3.05, 3.63) is 35.3 Å². The first-order valence-corrected chi connectivity index (χ1v) is 7.24. The number of rotatable bonds is 5. The van der Waals surface area contributed by atoms with Gasteiger partial charge >= 0.3 is 6.18 Å². The summed E-state index contributed by atoms with van der Waals surface area (Å²) in [6, 6.07) is 2.26. The molecule has 0 atom stereocenters. The molecule has 2 heterocycles. The third kappa shape index (κ3) is 3.23. The first-order valence-electron chi connectivity index (χ1n) is 7.24. The molecule has 7 heteroatoms. The van der Waals surface area contributed by atoms with Crippen LogP contribution < -0.4 is 5.32 Å². The molecule has 2 aromatic heterocycles. The third-order valence-corrected chi connectivity index (χ3v) is 3.38. The van der Waals surface area contributed by atoms with Gasteiger partial charge in [-0.25, -0.2) is 4.98 Å². The van der Waals surface area contributed by atoms with Crippen LogP contribution in [-0.4, -0.2) is 21.8 Å². The van der Waals surface area contributed by atoms with Crippen LogP contribution in [0.5, 0.6) is 0 Å². The number of unbranched alkanes of at least 4 members (excludes halogenated alkanes) is 1. The summed E-state index contributed by atoms with van der Waals surface area (Å²) in [7, 11) is 0. The lowest BCUT2D eigenvalue weighted by Crippen LogP contribution is -2.26. The molecule has 0 bridgehead atoms. The topological polar surface area (TPSA) is 46.4 Å². The van der Waals surface area contributed by atoms with E-state index in [2.05, 4.69) is 10.3 Å². The van der Waals surface area contributed by atoms with Crippen molar-refractivity contribution < 1.29 is 18.0 Å². The zero-order valence-electron chi connectivity index (χ0n) is 12.5. The largest absolute Gasteiger partial charge is 0.417 e. The monoisotopic (exact) mass is 313 g/mol. The van der Waals surface area contributed by atoms with Crippen molar-refractivity contribution in [1.29, 1.82) is 0 Å². The molecule has 0 unspecified atom stereocenters. The number of nitrogens with zero attached hydrogens (tertiary/aromatic N) is 2. The molecule has 0 spiro atoms. The predicted octanol–water partition coefficient (Wildman–Crippen LogP) is 3.45. The first kappa shape index (κ1) is 16.3. The van der Waals surface area contributed by atoms with Gasteiger partial charge in [0.2, 0.25) is 0 Å². The SMILES string of the molecule is CCCCNC(=O)c1c(CC)nc2ccc(C(F)(F)F)cn12. The number of pyridine rings is 1. The summed E-state index contributed by atoms with van der Waals surface area (Å²) in [5.74, 6) is -0.392. The van der Waals surface area contributed by atoms with Crippen molar-refractivity contribution in [2.24, 2.45) is 0 Å². The molecule has 120 valence electrons. The summed E-state index contributed by atoms with van der Waals surface area (Å²) in [4.78, 5) is 16.5. The molecule has 0 radical (unpaired) electrons. The van der Waals surface area contributed by atoms with E-state index in [4.69, 9.17) is 0 Å². The number of hydrogen-bond acceptors (Lipinski definition) is 2. The number of aromatic nitrogens is 2. The van der Waals surface area contributed by atoms with Gasteiger partial charge in [-0.2, -0.15) is 13.2 Å². The molecular weight excluding hydrogens is 295 g/mol. The van der Waals surface area contributed by atoms with Crippen LogP contribution in [0.4, 0.5) is 13.2 Å². The fraction of sp³-hybridized carbons (Fsp3) is 0.467. The van der Waals surface area contributed by atoms with Gasteiger partial charge < -0.3 is 5.32 Å². The van der Waals surface area contributed by atoms with Crippen LogP contribution in [0.1, 0.15) is 48.4 Å². The van der Waals surface area contributed by atoms with Gasteiger partial charge in [-0.15, -0.1) is 0 Å². The number of hydrogen-bond donors (Lipinski definition) is 1. The maximum Gasteiger partial charge on any atom is 0.417 e. The Morgan fingerprint density at radius 2 is 2.05 bits per heavy atom. The van der Waals surface area contributed by atoms with E-state index in [1.807, 2.05) is 13.8 Å². The minimum atomic E-state index is -4.46. The molecule has 0 aliphatic carbocycles. The second-order valence-electron chi connectivity index (χ2n) is 5.01. The summed E-state index contributed by atoms with van der Waals surface area (Å²) >= 11 is 0. The molecule has 4 nitrogen and oxygen atoms in total. The number of carbonyl (C=O) groups excluding carboxylic acids is 1. The second-order valence-corrected chi connectivity index (χ2v) is 5.01. The lowest BCUT2D eigenvalue weighted by molar-refractivity contribution is -0.137. The van der Waals surface area contributed by atoms with E-state index < -0.39 is 17.6 Å². The summed E-state index contributed by atoms with van der Waals surface area (Å²) < 4.78 is 39.8. The lowest BCUT2D eigenvalue weighted by Gasteiger charge is -2.09. The van der Waals surface area contributed by atoms with E-state index in [0.717, 1.165) is 25.1 Å². The van der Waals surface area contributed by atoms with Crippen LogP contribution in [0.15, 0.2) is 18.3 Å². The van der Waals surface area contributed by atoms with E-state index in [1.54, 1.807) is 0 Å². The molecule has 0 aliphatic heterocycles. The summed E-state index contributed by atoms with van der Waals surface area (Å²) in [6.07, 6.45) is -1.32. The number of alkyl halides is 3. The number of imidazole rings is 1. The molecule has 22 heavy (non-hydrogen) atoms. The molecule has 1 amide bonds. The summed E-state index contributed by atoms with van der Waals surface area (Å²) in [6.45, 7) is 4.30. The van der Waals surface area contributed by atoms with Gasteiger partial charge in [0.1, 0.15) is 11.3 Å². The highest BCUT2D eigenvalue weighted by Gasteiger charge is 2.31. The van der Waals surface area contributed by atoms with Crippen molar-refractivity contribution in [2.45, 2.75) is 39.3 Å². The Labute approximate surface area is 126 Å². The van der Waals surface area contributed by atoms with Gasteiger partial charge in [0.25, 0.3) is 5.91 Å². The number of halogens is 3. The van der Waals surface area contributed by atoms with Gasteiger partial charge in [0, 0.05) is 12.7 Å². The molecule has 0 aliphatic rings. The normalized spacial score (nSPS) is 11.9. The lowest BCUT2D eigenvalue weighted by atomic mass is 10.2. The van der Waals surface area contributed by atoms with E-state index in [0.29, 0.717) is 24.3 Å². The van der Waals surface area contributed by atoms with Gasteiger partial charge in [-0.1, -0.05) is 20.3 Å². The zero-order chi connectivity index (χ0) is 16.3. The molecule has 0 saturated carbocycles. The molecule has 2 rings (SSSR count). The average Bonchev–Trinajstić information content (AvgIpc) is 2.84. The molecule has 0 fully saturated rings. The maximum absolute atomic E-state index is 12.9. The molecule has 2 aromatic rings. The summed E-state index contributed by atoms with van der Waals surface area (Å²) in [5.41, 5.74) is 0.209. The Balaban J connectivity index is 2.47. The van der Waals surface area contributed by atoms with E-state index in [1.165, 1.54) is 10.5 Å². The Morgan fingerprint density at radius 3 is 2.64 bits per heavy atom. The second kappa shape index (κ2) is 6.37. The van der Waals surface area contributed by atoms with Crippen LogP contribution >= 0.6 is 0 Å². The van der Waals surface area contributed by atoms with Gasteiger partial charge in [0.05, 0.1) is 11.3 Å². The van der Waals surface area contributed by atoms with Crippen LogP contribution in [0.2, 0.25) is 0 Å². The van der Waals surface area contributed by atoms with Crippen LogP contribution in [-0.2, 0) is 12.6 Å². The van der Waals surface area contributed by atoms with Gasteiger partial charge in [0.15, 0.2) is 0 Å². The maximum atomic E-state index is 12.9. The number of fused-ring (bicyclic) bond motifs is 1. The highest BCUT2D eigenvalue weighted by Crippen LogP contribution is 2.29. The minimum Gasteiger partial charge on any atom is -0.351 e. The number of amides is 1. The molecule has 0 saturated heterocycles. The van der Waals surface area contributed by atoms with Crippen molar-refractivity contribution in [1.82, 2.24) is 14.7 Å². The van der Waals surface area contributed by atoms with E-state index >= 15 is 0 Å². The molecule has 0 aromatic carbocycles. The fourth-order valence-electron chi connectivity index (χ4n) is 2.21. The smallest absolute Gasteiger partial charge is 0.351 e. The average molecular weight is 313 g/mol. The van der Waals surface area contributed by atoms with Crippen LogP contribution in [0, 0.1) is 0 Å². The molecule has 1 N–H and O–H groups in total. The van der Waals surface area contributed by atoms with Crippen molar-refractivity contribution >= 4 is 11.6 Å². The number of nitrogens with one attached hydrogen (secondary N) is 1. The third-order valence-electron chi connectivity index (χ3n) is 3.38. The van der Waals surface area contributed by atoms with Crippen LogP contribution in [0.25, 0.3) is 5.65 Å². The Kier molecular flexibility index (Phi) is 4.73. The standard InChI is InChI=1S/C15H18F3N3O/c1-3-5-8-19-14(22)13-11(4-2)20-12-7-6-10(9-21(12)13)15(16,17)18/h6-7,9H,3-5,8H2,1-2H3,(H,19,22). The highest BCUT2D eigenvalue weighted by molar-refractivity contribution is 5.94. The van der Waals surface area contributed by atoms with Gasteiger partial charge in [-0.3, -0.25) is 9.20 Å². The molecular formula is C15H18F3N3O. The number of carbonyl (C=O) groups is 1. The predicted molar refractivity (Wildman–Crippen MR) is 76.8 cm³/mol. The van der Waals surface area contributed by atoms with Gasteiger partial charge in [-0.05, 0) is 25.0 Å². The Bertz CT molecular complexity index is 676. The Hall–Kier alpha value is -2.05. The number of aryl methyl sites for hydroxylation is 1. The van der Waals surface area contributed by atoms with Crippen molar-refractivity contribution in [3.63, 3.8) is 0 Å². The highest BCUT2D eigenvalue weighted by atomic mass is 19.4. The Morgan fingerprint density at radius 1 is 1.32 bits per heavy atom. The quantitative estimate of drug-likeness (QED) is 0.860. The zero-order valence-corrected chi connectivity index (χ0v) is 12.5. The summed E-state index contributed by atoms with van der Waals surface area (Å²) in [5, 5.41) is 2.73. The fourth-order valence-corrected chi connectivity index (χ4v) is 2.21. The first-order chi connectivity index (χ1) is 10.4. The van der Waals surface area contributed by atoms with E-state index in [-0.39, 0.29) is 5.69 Å².